The van der Waals surface area contributed by atoms with Crippen molar-refractivity contribution in [3.05, 3.63) is 99.0 Å². The van der Waals surface area contributed by atoms with E-state index < -0.39 is 6.04 Å². The molecule has 0 aliphatic rings. The van der Waals surface area contributed by atoms with Crippen molar-refractivity contribution < 1.29 is 14.3 Å². The first-order valence-electron chi connectivity index (χ1n) is 11.0. The molecule has 178 valence electrons. The van der Waals surface area contributed by atoms with Crippen LogP contribution in [0.1, 0.15) is 22.3 Å². The highest BCUT2D eigenvalue weighted by Crippen LogP contribution is 2.27. The summed E-state index contributed by atoms with van der Waals surface area (Å²) in [4.78, 5) is 27.9. The fraction of sp³-hybridized carbons (Fsp3) is 0.259. The first-order valence-corrected chi connectivity index (χ1v) is 11.7. The minimum Gasteiger partial charge on any atom is -0.484 e. The molecule has 0 bridgehead atoms. The van der Waals surface area contributed by atoms with Gasteiger partial charge in [-0.2, -0.15) is 0 Å². The highest BCUT2D eigenvalue weighted by Gasteiger charge is 2.31. The predicted octanol–water partition coefficient (Wildman–Crippen LogP) is 5.38. The van der Waals surface area contributed by atoms with E-state index in [4.69, 9.17) is 27.9 Å². The Morgan fingerprint density at radius 2 is 1.62 bits per heavy atom. The second-order valence-electron chi connectivity index (χ2n) is 8.08. The number of benzene rings is 3. The van der Waals surface area contributed by atoms with Crippen LogP contribution in [0.3, 0.4) is 0 Å². The number of nitrogens with one attached hydrogen (secondary N) is 1. The van der Waals surface area contributed by atoms with Crippen molar-refractivity contribution in [2.24, 2.45) is 0 Å². The molecule has 0 saturated heterocycles. The van der Waals surface area contributed by atoms with E-state index in [9.17, 15) is 9.59 Å². The largest absolute Gasteiger partial charge is 0.484 e. The van der Waals surface area contributed by atoms with Gasteiger partial charge in [0.05, 0.1) is 0 Å². The number of amides is 2. The van der Waals surface area contributed by atoms with Gasteiger partial charge in [0.2, 0.25) is 5.91 Å². The summed E-state index contributed by atoms with van der Waals surface area (Å²) in [6.07, 6.45) is 0.331. The molecule has 0 spiro atoms. The molecule has 0 saturated carbocycles. The summed E-state index contributed by atoms with van der Waals surface area (Å²) >= 11 is 12.8. The Bertz CT molecular complexity index is 1130. The first-order chi connectivity index (χ1) is 16.3. The van der Waals surface area contributed by atoms with E-state index >= 15 is 0 Å². The Hall–Kier alpha value is -3.02. The zero-order valence-electron chi connectivity index (χ0n) is 19.5. The molecule has 0 aromatic heterocycles. The van der Waals surface area contributed by atoms with Gasteiger partial charge in [-0.15, -0.1) is 0 Å². The minimum atomic E-state index is -0.782. The lowest BCUT2D eigenvalue weighted by molar-refractivity contribution is -0.142. The van der Waals surface area contributed by atoms with Crippen molar-refractivity contribution >= 4 is 35.0 Å². The molecule has 1 N–H and O–H groups in total. The normalized spacial score (nSPS) is 11.6. The van der Waals surface area contributed by atoms with E-state index in [1.807, 2.05) is 62.4 Å². The van der Waals surface area contributed by atoms with E-state index in [-0.39, 0.29) is 25.0 Å². The molecule has 7 heteroatoms. The zero-order chi connectivity index (χ0) is 24.7. The van der Waals surface area contributed by atoms with Crippen LogP contribution in [0.25, 0.3) is 0 Å². The van der Waals surface area contributed by atoms with Crippen molar-refractivity contribution in [1.29, 1.82) is 0 Å². The molecule has 2 amide bonds. The van der Waals surface area contributed by atoms with E-state index in [0.29, 0.717) is 27.8 Å². The Kier molecular flexibility index (Phi) is 8.97. The van der Waals surface area contributed by atoms with E-state index in [0.717, 1.165) is 16.7 Å². The third-order valence-corrected chi connectivity index (χ3v) is 6.46. The number of rotatable bonds is 9. The van der Waals surface area contributed by atoms with Gasteiger partial charge in [0, 0.05) is 35.6 Å². The van der Waals surface area contributed by atoms with E-state index in [2.05, 4.69) is 5.32 Å². The summed E-state index contributed by atoms with van der Waals surface area (Å²) in [7, 11) is 1.55. The standard InChI is InChI=1S/C27H28Cl2N2O3/c1-18-12-13-21(14-19(18)2)34-17-26(32)31(16-22-23(28)10-7-11-24(22)29)25(27(33)30-3)15-20-8-5-4-6-9-20/h4-14,25H,15-17H2,1-3H3,(H,30,33)/t25-/m1/s1. The maximum absolute atomic E-state index is 13.5. The van der Waals surface area contributed by atoms with Gasteiger partial charge < -0.3 is 15.0 Å². The van der Waals surface area contributed by atoms with Gasteiger partial charge in [-0.3, -0.25) is 9.59 Å². The number of hydrogen-bond acceptors (Lipinski definition) is 3. The zero-order valence-corrected chi connectivity index (χ0v) is 21.0. The number of likely N-dealkylation sites (N-methyl/N-ethyl adjacent to an activating group) is 1. The van der Waals surface area contributed by atoms with Gasteiger partial charge in [-0.1, -0.05) is 65.7 Å². The van der Waals surface area contributed by atoms with Crippen LogP contribution in [0.4, 0.5) is 0 Å². The molecule has 0 heterocycles. The summed E-state index contributed by atoms with van der Waals surface area (Å²) in [5.74, 6) is -0.0444. The maximum Gasteiger partial charge on any atom is 0.261 e. The number of ether oxygens (including phenoxy) is 1. The quantitative estimate of drug-likeness (QED) is 0.431. The maximum atomic E-state index is 13.5. The Morgan fingerprint density at radius 1 is 0.941 bits per heavy atom. The third-order valence-electron chi connectivity index (χ3n) is 5.75. The summed E-state index contributed by atoms with van der Waals surface area (Å²) in [5, 5.41) is 3.54. The number of halogens is 2. The lowest BCUT2D eigenvalue weighted by Gasteiger charge is -2.31. The topological polar surface area (TPSA) is 58.6 Å². The van der Waals surface area contributed by atoms with Crippen molar-refractivity contribution in [3.63, 3.8) is 0 Å². The average Bonchev–Trinajstić information content (AvgIpc) is 2.83. The first kappa shape index (κ1) is 25.6. The average molecular weight is 499 g/mol. The SMILES string of the molecule is CNC(=O)[C@@H](Cc1ccccc1)N(Cc1c(Cl)cccc1Cl)C(=O)COc1ccc(C)c(C)c1. The molecule has 34 heavy (non-hydrogen) atoms. The summed E-state index contributed by atoms with van der Waals surface area (Å²) in [5.41, 5.74) is 3.70. The van der Waals surface area contributed by atoms with Gasteiger partial charge in [-0.25, -0.2) is 0 Å². The van der Waals surface area contributed by atoms with Crippen molar-refractivity contribution in [1.82, 2.24) is 10.2 Å². The van der Waals surface area contributed by atoms with Crippen LogP contribution in [0, 0.1) is 13.8 Å². The summed E-state index contributed by atoms with van der Waals surface area (Å²) < 4.78 is 5.81. The molecule has 0 fully saturated rings. The molecule has 1 atom stereocenters. The van der Waals surface area contributed by atoms with E-state index in [1.165, 1.54) is 4.90 Å². The molecule has 5 nitrogen and oxygen atoms in total. The molecule has 0 radical (unpaired) electrons. The van der Waals surface area contributed by atoms with E-state index in [1.54, 1.807) is 25.2 Å². The molecule has 3 rings (SSSR count). The van der Waals surface area contributed by atoms with Crippen molar-refractivity contribution in [2.45, 2.75) is 32.9 Å². The van der Waals surface area contributed by atoms with Crippen LogP contribution in [0.15, 0.2) is 66.7 Å². The van der Waals surface area contributed by atoms with Gasteiger partial charge in [0.1, 0.15) is 11.8 Å². The number of carbonyl (C=O) groups is 2. The van der Waals surface area contributed by atoms with Crippen LogP contribution in [0.2, 0.25) is 10.0 Å². The van der Waals surface area contributed by atoms with Gasteiger partial charge in [0.15, 0.2) is 6.61 Å². The lowest BCUT2D eigenvalue weighted by Crippen LogP contribution is -2.51. The fourth-order valence-corrected chi connectivity index (χ4v) is 4.12. The molecule has 3 aromatic carbocycles. The third kappa shape index (κ3) is 6.52. The second-order valence-corrected chi connectivity index (χ2v) is 8.89. The van der Waals surface area contributed by atoms with Gasteiger partial charge in [-0.05, 0) is 54.8 Å². The van der Waals surface area contributed by atoms with Crippen LogP contribution in [-0.2, 0) is 22.6 Å². The Labute approximate surface area is 210 Å². The highest BCUT2D eigenvalue weighted by molar-refractivity contribution is 6.36. The Balaban J connectivity index is 1.92. The molecule has 0 unspecified atom stereocenters. The highest BCUT2D eigenvalue weighted by atomic mass is 35.5. The number of aryl methyl sites for hydroxylation is 2. The van der Waals surface area contributed by atoms with Crippen LogP contribution in [-0.4, -0.2) is 36.4 Å². The molecular formula is C27H28Cl2N2O3. The monoisotopic (exact) mass is 498 g/mol. The number of hydrogen-bond donors (Lipinski definition) is 1. The van der Waals surface area contributed by atoms with Gasteiger partial charge in [0.25, 0.3) is 5.91 Å². The number of nitrogens with zero attached hydrogens (tertiary/aromatic N) is 1. The molecule has 3 aromatic rings. The lowest BCUT2D eigenvalue weighted by atomic mass is 10.0. The van der Waals surface area contributed by atoms with Crippen LogP contribution >= 0.6 is 23.2 Å². The smallest absolute Gasteiger partial charge is 0.261 e. The van der Waals surface area contributed by atoms with Crippen LogP contribution < -0.4 is 10.1 Å². The number of carbonyl (C=O) groups excluding carboxylic acids is 2. The second kappa shape index (κ2) is 11.9. The van der Waals surface area contributed by atoms with Gasteiger partial charge >= 0.3 is 0 Å². The van der Waals surface area contributed by atoms with Crippen LogP contribution in [0.5, 0.6) is 5.75 Å². The minimum absolute atomic E-state index is 0.0680. The molecule has 0 aliphatic heterocycles. The fourth-order valence-electron chi connectivity index (χ4n) is 3.61. The predicted molar refractivity (Wildman–Crippen MR) is 136 cm³/mol. The summed E-state index contributed by atoms with van der Waals surface area (Å²) in [6.45, 7) is 3.83. The van der Waals surface area contributed by atoms with Crippen molar-refractivity contribution in [2.75, 3.05) is 13.7 Å². The summed E-state index contributed by atoms with van der Waals surface area (Å²) in [6, 6.07) is 19.6. The Morgan fingerprint density at radius 3 is 2.24 bits per heavy atom. The van der Waals surface area contributed by atoms with Crippen molar-refractivity contribution in [3.8, 4) is 5.75 Å². The molecule has 0 aliphatic carbocycles. The molecular weight excluding hydrogens is 471 g/mol.